The van der Waals surface area contributed by atoms with E-state index in [4.69, 9.17) is 4.74 Å². The van der Waals surface area contributed by atoms with E-state index in [1.165, 1.54) is 10.4 Å². The summed E-state index contributed by atoms with van der Waals surface area (Å²) in [6.45, 7) is 6.64. The van der Waals surface area contributed by atoms with Crippen LogP contribution in [-0.4, -0.2) is 25.6 Å². The molecule has 0 aliphatic carbocycles. The van der Waals surface area contributed by atoms with Gasteiger partial charge in [-0.25, -0.2) is 0 Å². The Bertz CT molecular complexity index is 815. The number of anilines is 1. The van der Waals surface area contributed by atoms with Gasteiger partial charge in [-0.15, -0.1) is 11.3 Å². The van der Waals surface area contributed by atoms with Crippen LogP contribution in [-0.2, 0) is 13.0 Å². The monoisotopic (exact) mass is 358 g/mol. The number of hydrogen-bond acceptors (Lipinski definition) is 4. The zero-order chi connectivity index (χ0) is 17.6. The summed E-state index contributed by atoms with van der Waals surface area (Å²) in [6, 6.07) is 8.43. The lowest BCUT2D eigenvalue weighted by atomic mass is 9.99. The van der Waals surface area contributed by atoms with E-state index >= 15 is 0 Å². The van der Waals surface area contributed by atoms with Gasteiger partial charge < -0.3 is 20.3 Å². The molecule has 1 aromatic carbocycles. The fourth-order valence-electron chi connectivity index (χ4n) is 3.69. The molecule has 0 radical (unpaired) electrons. The second-order valence-corrected chi connectivity index (χ2v) is 8.13. The molecule has 1 amide bonds. The van der Waals surface area contributed by atoms with Crippen LogP contribution in [0, 0.1) is 0 Å². The Kier molecular flexibility index (Phi) is 4.17. The number of carbonyl (C=O) groups is 1. The van der Waals surface area contributed by atoms with Crippen molar-refractivity contribution in [1.29, 1.82) is 0 Å². The predicted molar refractivity (Wildman–Crippen MR) is 99.5 cm³/mol. The molecule has 1 aromatic heterocycles. The van der Waals surface area contributed by atoms with E-state index in [1.807, 2.05) is 24.3 Å². The van der Waals surface area contributed by atoms with Crippen LogP contribution in [0.5, 0.6) is 5.75 Å². The molecule has 0 saturated heterocycles. The Morgan fingerprint density at radius 2 is 2.16 bits per heavy atom. The van der Waals surface area contributed by atoms with Gasteiger partial charge in [0, 0.05) is 6.42 Å². The average molecular weight is 358 g/mol. The molecule has 3 N–H and O–H groups in total. The number of rotatable bonds is 3. The maximum absolute atomic E-state index is 12.8. The number of nitrogens with one attached hydrogen (secondary N) is 3. The Balaban J connectivity index is 1.64. The number of benzene rings is 1. The molecule has 25 heavy (non-hydrogen) atoms. The van der Waals surface area contributed by atoms with Crippen molar-refractivity contribution in [1.82, 2.24) is 5.32 Å². The number of amides is 1. The van der Waals surface area contributed by atoms with E-state index in [2.05, 4.69) is 24.5 Å². The van der Waals surface area contributed by atoms with Crippen LogP contribution in [0.3, 0.4) is 0 Å². The van der Waals surface area contributed by atoms with Gasteiger partial charge in [0.05, 0.1) is 30.1 Å². The Morgan fingerprint density at radius 1 is 1.32 bits per heavy atom. The minimum absolute atomic E-state index is 0.0343. The molecule has 2 aromatic rings. The van der Waals surface area contributed by atoms with Gasteiger partial charge in [0.15, 0.2) is 0 Å². The molecule has 4 rings (SSSR count). The Labute approximate surface area is 152 Å². The zero-order valence-electron chi connectivity index (χ0n) is 14.8. The number of hydrogen-bond donors (Lipinski definition) is 3. The Morgan fingerprint density at radius 3 is 2.92 bits per heavy atom. The first-order chi connectivity index (χ1) is 12.1. The van der Waals surface area contributed by atoms with Crippen molar-refractivity contribution in [3.05, 3.63) is 45.8 Å². The van der Waals surface area contributed by atoms with Crippen LogP contribution < -0.4 is 20.3 Å². The van der Waals surface area contributed by atoms with E-state index in [-0.39, 0.29) is 12.1 Å². The molecule has 3 heterocycles. The summed E-state index contributed by atoms with van der Waals surface area (Å²) in [7, 11) is 1.65. The lowest BCUT2D eigenvalue weighted by molar-refractivity contribution is -0.936. The maximum Gasteiger partial charge on any atom is 0.256 e. The molecule has 0 saturated carbocycles. The van der Waals surface area contributed by atoms with Gasteiger partial charge in [0.1, 0.15) is 23.5 Å². The van der Waals surface area contributed by atoms with Crippen LogP contribution in [0.1, 0.15) is 46.4 Å². The van der Waals surface area contributed by atoms with Gasteiger partial charge in [0.2, 0.25) is 0 Å². The minimum Gasteiger partial charge on any atom is -0.497 e. The molecule has 0 bridgehead atoms. The normalized spacial score (nSPS) is 22.0. The third-order valence-corrected chi connectivity index (χ3v) is 6.36. The van der Waals surface area contributed by atoms with Gasteiger partial charge >= 0.3 is 0 Å². The van der Waals surface area contributed by atoms with Crippen LogP contribution in [0.2, 0.25) is 0 Å². The molecule has 132 valence electrons. The van der Waals surface area contributed by atoms with Gasteiger partial charge in [-0.2, -0.15) is 0 Å². The first-order valence-corrected chi connectivity index (χ1v) is 9.59. The van der Waals surface area contributed by atoms with Crippen LogP contribution in [0.4, 0.5) is 5.00 Å². The van der Waals surface area contributed by atoms with E-state index in [0.29, 0.717) is 6.04 Å². The smallest absolute Gasteiger partial charge is 0.256 e. The van der Waals surface area contributed by atoms with Crippen molar-refractivity contribution in [2.45, 2.75) is 39.0 Å². The first-order valence-electron chi connectivity index (χ1n) is 8.77. The second-order valence-electron chi connectivity index (χ2n) is 7.03. The standard InChI is InChI=1S/C19H23N3O2S/c1-11(2)22-8-7-14-15(10-22)25-19-16(14)18(23)20-17(21-19)12-5-4-6-13(9-12)24-3/h4-6,9,11,17,21H,7-8,10H2,1-3H3,(H,20,23)/p+1/t17-/m0/s1. The van der Waals surface area contributed by atoms with Crippen molar-refractivity contribution in [2.75, 3.05) is 19.0 Å². The van der Waals surface area contributed by atoms with E-state index in [0.717, 1.165) is 41.4 Å². The van der Waals surface area contributed by atoms with Crippen LogP contribution in [0.15, 0.2) is 24.3 Å². The van der Waals surface area contributed by atoms with Crippen molar-refractivity contribution in [2.24, 2.45) is 0 Å². The van der Waals surface area contributed by atoms with Gasteiger partial charge in [0.25, 0.3) is 5.91 Å². The summed E-state index contributed by atoms with van der Waals surface area (Å²) in [5, 5.41) is 7.63. The zero-order valence-corrected chi connectivity index (χ0v) is 15.6. The number of thiophene rings is 1. The summed E-state index contributed by atoms with van der Waals surface area (Å²) in [4.78, 5) is 15.7. The van der Waals surface area contributed by atoms with Crippen molar-refractivity contribution in [3.8, 4) is 5.75 Å². The number of methoxy groups -OCH3 is 1. The summed E-state index contributed by atoms with van der Waals surface area (Å²) < 4.78 is 5.30. The number of carbonyl (C=O) groups excluding carboxylic acids is 1. The summed E-state index contributed by atoms with van der Waals surface area (Å²) in [5.41, 5.74) is 3.11. The van der Waals surface area contributed by atoms with E-state index in [1.54, 1.807) is 23.3 Å². The predicted octanol–water partition coefficient (Wildman–Crippen LogP) is 1.96. The molecular weight excluding hydrogens is 334 g/mol. The maximum atomic E-state index is 12.8. The average Bonchev–Trinajstić information content (AvgIpc) is 2.99. The summed E-state index contributed by atoms with van der Waals surface area (Å²) in [5.74, 6) is 0.827. The Hall–Kier alpha value is -2.05. The number of fused-ring (bicyclic) bond motifs is 3. The lowest BCUT2D eigenvalue weighted by Gasteiger charge is -2.28. The number of ether oxygens (including phenoxy) is 1. The van der Waals surface area contributed by atoms with E-state index in [9.17, 15) is 4.79 Å². The van der Waals surface area contributed by atoms with Crippen LogP contribution in [0.25, 0.3) is 0 Å². The highest BCUT2D eigenvalue weighted by Gasteiger charge is 2.35. The molecular formula is C19H24N3O2S+. The molecule has 2 aliphatic heterocycles. The fraction of sp³-hybridized carbons (Fsp3) is 0.421. The molecule has 0 fully saturated rings. The number of quaternary nitrogens is 1. The molecule has 2 aliphatic rings. The third kappa shape index (κ3) is 2.89. The van der Waals surface area contributed by atoms with Crippen molar-refractivity contribution < 1.29 is 14.4 Å². The summed E-state index contributed by atoms with van der Waals surface area (Å²) >= 11 is 1.75. The SMILES string of the molecule is COc1cccc([C@H]2NC(=O)c3c(sc4c3CC[NH+](C(C)C)C4)N2)c1. The fourth-order valence-corrected chi connectivity index (χ4v) is 5.02. The molecule has 5 nitrogen and oxygen atoms in total. The van der Waals surface area contributed by atoms with Gasteiger partial charge in [-0.05, 0) is 37.1 Å². The molecule has 1 unspecified atom stereocenters. The first kappa shape index (κ1) is 16.4. The second kappa shape index (κ2) is 6.35. The highest BCUT2D eigenvalue weighted by atomic mass is 32.1. The van der Waals surface area contributed by atoms with Crippen molar-refractivity contribution >= 4 is 22.2 Å². The summed E-state index contributed by atoms with van der Waals surface area (Å²) in [6.07, 6.45) is 0.761. The minimum atomic E-state index is -0.219. The van der Waals surface area contributed by atoms with E-state index < -0.39 is 0 Å². The van der Waals surface area contributed by atoms with Gasteiger partial charge in [-0.1, -0.05) is 12.1 Å². The van der Waals surface area contributed by atoms with Crippen LogP contribution >= 0.6 is 11.3 Å². The third-order valence-electron chi connectivity index (χ3n) is 5.20. The molecule has 2 atom stereocenters. The lowest BCUT2D eigenvalue weighted by Crippen LogP contribution is -3.14. The topological polar surface area (TPSA) is 54.8 Å². The molecule has 6 heteroatoms. The largest absolute Gasteiger partial charge is 0.497 e. The highest BCUT2D eigenvalue weighted by molar-refractivity contribution is 7.16. The highest BCUT2D eigenvalue weighted by Crippen LogP contribution is 2.39. The quantitative estimate of drug-likeness (QED) is 0.786. The molecule has 0 spiro atoms. The van der Waals surface area contributed by atoms with Crippen molar-refractivity contribution in [3.63, 3.8) is 0 Å². The van der Waals surface area contributed by atoms with Gasteiger partial charge in [-0.3, -0.25) is 4.79 Å².